The maximum atomic E-state index is 10.8. The second-order valence-corrected chi connectivity index (χ2v) is 6.98. The summed E-state index contributed by atoms with van der Waals surface area (Å²) in [5.41, 5.74) is 0. The third-order valence-corrected chi connectivity index (χ3v) is 3.70. The van der Waals surface area contributed by atoms with Crippen LogP contribution in [-0.2, 0) is 14.6 Å². The number of carbonyl (C=O) groups is 1. The van der Waals surface area contributed by atoms with Gasteiger partial charge in [0, 0.05) is 18.8 Å². The molecule has 0 aliphatic heterocycles. The number of alkyl halides is 3. The lowest BCUT2D eigenvalue weighted by molar-refractivity contribution is -0.192. The van der Waals surface area contributed by atoms with E-state index in [0.717, 1.165) is 0 Å². The van der Waals surface area contributed by atoms with Crippen LogP contribution in [0.4, 0.5) is 13.2 Å². The summed E-state index contributed by atoms with van der Waals surface area (Å²) in [5.74, 6) is -2.49. The first-order chi connectivity index (χ1) is 9.02. The molecule has 0 aromatic rings. The van der Waals surface area contributed by atoms with Crippen LogP contribution in [0.2, 0.25) is 0 Å². The molecule has 0 spiro atoms. The zero-order valence-electron chi connectivity index (χ0n) is 11.2. The van der Waals surface area contributed by atoms with Gasteiger partial charge in [0.2, 0.25) is 0 Å². The van der Waals surface area contributed by atoms with Crippen molar-refractivity contribution in [2.75, 3.05) is 18.6 Å². The molecule has 1 fully saturated rings. The minimum absolute atomic E-state index is 0.267. The average molecular weight is 319 g/mol. The van der Waals surface area contributed by atoms with E-state index < -0.39 is 22.0 Å². The maximum Gasteiger partial charge on any atom is 0.490 e. The van der Waals surface area contributed by atoms with Gasteiger partial charge < -0.3 is 10.4 Å². The highest BCUT2D eigenvalue weighted by molar-refractivity contribution is 7.90. The molecular formula is C11H20F3NO4S. The summed E-state index contributed by atoms with van der Waals surface area (Å²) in [6.45, 7) is 0.615. The summed E-state index contributed by atoms with van der Waals surface area (Å²) in [4.78, 5) is 8.90. The molecule has 0 heterocycles. The molecule has 1 saturated carbocycles. The smallest absolute Gasteiger partial charge is 0.475 e. The molecule has 5 nitrogen and oxygen atoms in total. The molecule has 20 heavy (non-hydrogen) atoms. The molecule has 9 heteroatoms. The van der Waals surface area contributed by atoms with Crippen LogP contribution in [0.5, 0.6) is 0 Å². The molecule has 1 aliphatic rings. The molecule has 0 unspecified atom stereocenters. The highest BCUT2D eigenvalue weighted by Crippen LogP contribution is 2.17. The standard InChI is InChI=1S/C9H19NO2S.C2HF3O2/c1-13(11,12)8-7-10-9-5-3-2-4-6-9;3-2(4,5)1(6)7/h9-10H,2-8H2,1H3;(H,6,7). The van der Waals surface area contributed by atoms with Gasteiger partial charge in [0.25, 0.3) is 0 Å². The van der Waals surface area contributed by atoms with Crippen molar-refractivity contribution >= 4 is 15.8 Å². The Bertz CT molecular complexity index is 389. The van der Waals surface area contributed by atoms with E-state index in [1.807, 2.05) is 0 Å². The van der Waals surface area contributed by atoms with E-state index in [9.17, 15) is 21.6 Å². The van der Waals surface area contributed by atoms with Gasteiger partial charge >= 0.3 is 12.1 Å². The van der Waals surface area contributed by atoms with E-state index in [2.05, 4.69) is 5.32 Å². The second kappa shape index (κ2) is 8.46. The predicted octanol–water partition coefficient (Wildman–Crippen LogP) is 1.59. The molecule has 1 aliphatic carbocycles. The summed E-state index contributed by atoms with van der Waals surface area (Å²) < 4.78 is 53.4. The lowest BCUT2D eigenvalue weighted by Crippen LogP contribution is -2.34. The number of aliphatic carboxylic acids is 1. The summed E-state index contributed by atoms with van der Waals surface area (Å²) in [7, 11) is -2.79. The molecule has 0 amide bonds. The summed E-state index contributed by atoms with van der Waals surface area (Å²) in [6.07, 6.45) is 2.54. The van der Waals surface area contributed by atoms with Gasteiger partial charge in [-0.25, -0.2) is 13.2 Å². The predicted molar refractivity (Wildman–Crippen MR) is 68.3 cm³/mol. The van der Waals surface area contributed by atoms with Crippen LogP contribution in [0, 0.1) is 0 Å². The first kappa shape index (κ1) is 19.2. The Labute approximate surface area is 116 Å². The van der Waals surface area contributed by atoms with Crippen LogP contribution in [0.1, 0.15) is 32.1 Å². The molecule has 0 radical (unpaired) electrons. The quantitative estimate of drug-likeness (QED) is 0.822. The zero-order chi connectivity index (χ0) is 15.8. The molecule has 0 atom stereocenters. The highest BCUT2D eigenvalue weighted by atomic mass is 32.2. The monoisotopic (exact) mass is 319 g/mol. The fraction of sp³-hybridized carbons (Fsp3) is 0.909. The van der Waals surface area contributed by atoms with Crippen LogP contribution in [0.3, 0.4) is 0 Å². The fourth-order valence-electron chi connectivity index (χ4n) is 1.76. The molecular weight excluding hydrogens is 299 g/mol. The van der Waals surface area contributed by atoms with Gasteiger partial charge in [-0.15, -0.1) is 0 Å². The number of rotatable bonds is 4. The van der Waals surface area contributed by atoms with Gasteiger partial charge in [0.1, 0.15) is 9.84 Å². The number of sulfone groups is 1. The molecule has 0 aromatic carbocycles. The average Bonchev–Trinajstić information content (AvgIpc) is 2.28. The zero-order valence-corrected chi connectivity index (χ0v) is 12.1. The van der Waals surface area contributed by atoms with E-state index in [1.54, 1.807) is 0 Å². The first-order valence-electron chi connectivity index (χ1n) is 6.23. The Balaban J connectivity index is 0.000000441. The van der Waals surface area contributed by atoms with Gasteiger partial charge in [0.05, 0.1) is 5.75 Å². The Kier molecular flexibility index (Phi) is 8.10. The molecule has 120 valence electrons. The largest absolute Gasteiger partial charge is 0.490 e. The van der Waals surface area contributed by atoms with E-state index in [-0.39, 0.29) is 5.75 Å². The topological polar surface area (TPSA) is 83.5 Å². The number of carboxylic acid groups (broad SMARTS) is 1. The number of hydrogen-bond donors (Lipinski definition) is 2. The van der Waals surface area contributed by atoms with Crippen molar-refractivity contribution in [2.24, 2.45) is 0 Å². The minimum atomic E-state index is -5.08. The third-order valence-electron chi connectivity index (χ3n) is 2.75. The van der Waals surface area contributed by atoms with Gasteiger partial charge in [-0.1, -0.05) is 19.3 Å². The van der Waals surface area contributed by atoms with Crippen LogP contribution < -0.4 is 5.32 Å². The lowest BCUT2D eigenvalue weighted by atomic mass is 9.96. The Morgan fingerprint density at radius 1 is 1.25 bits per heavy atom. The SMILES string of the molecule is CS(=O)(=O)CCNC1CCCCC1.O=C(O)C(F)(F)F. The van der Waals surface area contributed by atoms with Gasteiger partial charge in [-0.3, -0.25) is 0 Å². The molecule has 2 N–H and O–H groups in total. The summed E-state index contributed by atoms with van der Waals surface area (Å²) in [5, 5.41) is 10.4. The highest BCUT2D eigenvalue weighted by Gasteiger charge is 2.38. The Hall–Kier alpha value is -0.830. The van der Waals surface area contributed by atoms with E-state index in [1.165, 1.54) is 38.4 Å². The summed E-state index contributed by atoms with van der Waals surface area (Å²) >= 11 is 0. The van der Waals surface area contributed by atoms with Gasteiger partial charge in [-0.2, -0.15) is 13.2 Å². The first-order valence-corrected chi connectivity index (χ1v) is 8.29. The molecule has 1 rings (SSSR count). The lowest BCUT2D eigenvalue weighted by Gasteiger charge is -2.22. The summed E-state index contributed by atoms with van der Waals surface area (Å²) in [6, 6.07) is 0.565. The van der Waals surface area contributed by atoms with Crippen LogP contribution in [0.15, 0.2) is 0 Å². The number of carboxylic acids is 1. The molecule has 0 bridgehead atoms. The van der Waals surface area contributed by atoms with Crippen molar-refractivity contribution in [2.45, 2.75) is 44.3 Å². The normalized spacial score (nSPS) is 17.2. The number of halogens is 3. The van der Waals surface area contributed by atoms with Crippen molar-refractivity contribution in [1.29, 1.82) is 0 Å². The Morgan fingerprint density at radius 3 is 2.05 bits per heavy atom. The third kappa shape index (κ3) is 11.0. The fourth-order valence-corrected chi connectivity index (χ4v) is 2.24. The van der Waals surface area contributed by atoms with E-state index >= 15 is 0 Å². The van der Waals surface area contributed by atoms with Crippen molar-refractivity contribution in [3.8, 4) is 0 Å². The van der Waals surface area contributed by atoms with Crippen molar-refractivity contribution in [1.82, 2.24) is 5.32 Å². The Morgan fingerprint density at radius 2 is 1.70 bits per heavy atom. The van der Waals surface area contributed by atoms with Crippen LogP contribution in [-0.4, -0.2) is 50.3 Å². The number of nitrogens with one attached hydrogen (secondary N) is 1. The van der Waals surface area contributed by atoms with Gasteiger partial charge in [-0.05, 0) is 12.8 Å². The maximum absolute atomic E-state index is 10.8. The van der Waals surface area contributed by atoms with Crippen molar-refractivity contribution < 1.29 is 31.5 Å². The van der Waals surface area contributed by atoms with Crippen molar-refractivity contribution in [3.05, 3.63) is 0 Å². The minimum Gasteiger partial charge on any atom is -0.475 e. The molecule has 0 aromatic heterocycles. The number of hydrogen-bond acceptors (Lipinski definition) is 4. The molecule has 0 saturated heterocycles. The van der Waals surface area contributed by atoms with Gasteiger partial charge in [0.15, 0.2) is 0 Å². The van der Waals surface area contributed by atoms with Crippen LogP contribution >= 0.6 is 0 Å². The van der Waals surface area contributed by atoms with E-state index in [4.69, 9.17) is 9.90 Å². The second-order valence-electron chi connectivity index (χ2n) is 4.72. The van der Waals surface area contributed by atoms with Crippen LogP contribution in [0.25, 0.3) is 0 Å². The van der Waals surface area contributed by atoms with E-state index in [0.29, 0.717) is 12.6 Å². The van der Waals surface area contributed by atoms with Crippen molar-refractivity contribution in [3.63, 3.8) is 0 Å².